The number of imidazole rings is 1. The lowest BCUT2D eigenvalue weighted by molar-refractivity contribution is 0.415. The molecular weight excluding hydrogens is 328 g/mol. The number of hydrogen-bond donors (Lipinski definition) is 2. The molecule has 7 nitrogen and oxygen atoms in total. The van der Waals surface area contributed by atoms with Gasteiger partial charge >= 0.3 is 0 Å². The number of hydrogen-bond acceptors (Lipinski definition) is 4. The number of guanidine groups is 1. The third-order valence-corrected chi connectivity index (χ3v) is 4.62. The van der Waals surface area contributed by atoms with Crippen LogP contribution in [0.3, 0.4) is 0 Å². The van der Waals surface area contributed by atoms with E-state index in [4.69, 9.17) is 4.74 Å². The van der Waals surface area contributed by atoms with Crippen LogP contribution in [-0.2, 0) is 6.54 Å². The summed E-state index contributed by atoms with van der Waals surface area (Å²) < 4.78 is 7.57. The van der Waals surface area contributed by atoms with Gasteiger partial charge in [-0.05, 0) is 25.0 Å². The van der Waals surface area contributed by atoms with Crippen molar-refractivity contribution in [2.24, 2.45) is 4.99 Å². The van der Waals surface area contributed by atoms with Gasteiger partial charge in [0, 0.05) is 51.7 Å². The molecule has 7 heteroatoms. The van der Waals surface area contributed by atoms with Gasteiger partial charge in [0.1, 0.15) is 5.75 Å². The predicted octanol–water partition coefficient (Wildman–Crippen LogP) is 1.73. The normalized spacial score (nSPS) is 17.4. The topological polar surface area (TPSA) is 66.7 Å². The first-order chi connectivity index (χ1) is 12.8. The van der Waals surface area contributed by atoms with Crippen molar-refractivity contribution in [1.82, 2.24) is 20.2 Å². The number of methoxy groups -OCH3 is 1. The molecule has 1 atom stereocenters. The summed E-state index contributed by atoms with van der Waals surface area (Å²) in [6.45, 7) is 3.78. The minimum Gasteiger partial charge on any atom is -0.495 e. The number of anilines is 1. The standard InChI is InChI=1S/C19H28N6O/c1-20-19(22-9-5-11-24-13-10-21-15-24)23-16-8-12-25(14-16)17-6-3-4-7-18(17)26-2/h3-4,6-7,10,13,15-16H,5,8-9,11-12,14H2,1-2H3,(H2,20,22,23). The highest BCUT2D eigenvalue weighted by Crippen LogP contribution is 2.30. The molecule has 0 aliphatic carbocycles. The fraction of sp³-hybridized carbons (Fsp3) is 0.474. The number of ether oxygens (including phenoxy) is 1. The summed E-state index contributed by atoms with van der Waals surface area (Å²) in [6, 6.07) is 8.56. The van der Waals surface area contributed by atoms with Crippen LogP contribution >= 0.6 is 0 Å². The third-order valence-electron chi connectivity index (χ3n) is 4.62. The highest BCUT2D eigenvalue weighted by atomic mass is 16.5. The molecule has 1 unspecified atom stereocenters. The number of nitrogens with one attached hydrogen (secondary N) is 2. The van der Waals surface area contributed by atoms with Gasteiger partial charge in [0.2, 0.25) is 0 Å². The van der Waals surface area contributed by atoms with Gasteiger partial charge in [-0.25, -0.2) is 4.98 Å². The molecule has 140 valence electrons. The molecule has 1 aromatic carbocycles. The van der Waals surface area contributed by atoms with E-state index in [1.165, 1.54) is 0 Å². The molecule has 1 aliphatic rings. The summed E-state index contributed by atoms with van der Waals surface area (Å²) >= 11 is 0. The number of benzene rings is 1. The Morgan fingerprint density at radius 3 is 3.04 bits per heavy atom. The van der Waals surface area contributed by atoms with E-state index < -0.39 is 0 Å². The Labute approximate surface area is 155 Å². The van der Waals surface area contributed by atoms with Gasteiger partial charge in [-0.1, -0.05) is 12.1 Å². The zero-order valence-electron chi connectivity index (χ0n) is 15.6. The van der Waals surface area contributed by atoms with Crippen LogP contribution in [0.25, 0.3) is 0 Å². The van der Waals surface area contributed by atoms with Crippen molar-refractivity contribution in [2.75, 3.05) is 38.7 Å². The number of aliphatic imine (C=N–C) groups is 1. The van der Waals surface area contributed by atoms with Crippen LogP contribution in [0, 0.1) is 0 Å². The molecule has 2 heterocycles. The van der Waals surface area contributed by atoms with E-state index in [1.54, 1.807) is 7.11 Å². The minimum atomic E-state index is 0.375. The van der Waals surface area contributed by atoms with E-state index in [1.807, 2.05) is 37.9 Å². The summed E-state index contributed by atoms with van der Waals surface area (Å²) in [5.41, 5.74) is 1.16. The van der Waals surface area contributed by atoms with Crippen molar-refractivity contribution in [3.05, 3.63) is 43.0 Å². The summed E-state index contributed by atoms with van der Waals surface area (Å²) in [7, 11) is 3.54. The largest absolute Gasteiger partial charge is 0.495 e. The molecule has 0 amide bonds. The average molecular weight is 356 g/mol. The van der Waals surface area contributed by atoms with Gasteiger partial charge in [-0.3, -0.25) is 4.99 Å². The molecule has 1 saturated heterocycles. The third kappa shape index (κ3) is 4.68. The first-order valence-electron chi connectivity index (χ1n) is 9.11. The van der Waals surface area contributed by atoms with Crippen molar-refractivity contribution in [3.8, 4) is 5.75 Å². The number of rotatable bonds is 7. The highest BCUT2D eigenvalue weighted by Gasteiger charge is 2.25. The molecule has 0 spiro atoms. The fourth-order valence-corrected chi connectivity index (χ4v) is 3.26. The minimum absolute atomic E-state index is 0.375. The molecule has 2 N–H and O–H groups in total. The van der Waals surface area contributed by atoms with Crippen LogP contribution in [0.2, 0.25) is 0 Å². The lowest BCUT2D eigenvalue weighted by Crippen LogP contribution is -2.45. The van der Waals surface area contributed by atoms with Gasteiger partial charge < -0.3 is 24.8 Å². The fourth-order valence-electron chi connectivity index (χ4n) is 3.26. The highest BCUT2D eigenvalue weighted by molar-refractivity contribution is 5.80. The van der Waals surface area contributed by atoms with E-state index in [0.29, 0.717) is 6.04 Å². The number of aromatic nitrogens is 2. The molecule has 3 rings (SSSR count). The van der Waals surface area contributed by atoms with Crippen LogP contribution < -0.4 is 20.3 Å². The van der Waals surface area contributed by atoms with E-state index in [-0.39, 0.29) is 0 Å². The first-order valence-corrected chi connectivity index (χ1v) is 9.11. The van der Waals surface area contributed by atoms with Crippen molar-refractivity contribution in [1.29, 1.82) is 0 Å². The number of nitrogens with zero attached hydrogens (tertiary/aromatic N) is 4. The van der Waals surface area contributed by atoms with Crippen LogP contribution in [-0.4, -0.2) is 55.3 Å². The predicted molar refractivity (Wildman–Crippen MR) is 105 cm³/mol. The Balaban J connectivity index is 1.44. The zero-order valence-corrected chi connectivity index (χ0v) is 15.6. The maximum Gasteiger partial charge on any atom is 0.191 e. The Bertz CT molecular complexity index is 700. The Morgan fingerprint density at radius 1 is 1.38 bits per heavy atom. The quantitative estimate of drug-likeness (QED) is 0.449. The van der Waals surface area contributed by atoms with Crippen LogP contribution in [0.4, 0.5) is 5.69 Å². The van der Waals surface area contributed by atoms with Gasteiger partial charge in [0.15, 0.2) is 5.96 Å². The molecule has 2 aromatic rings. The van der Waals surface area contributed by atoms with Gasteiger partial charge in [0.05, 0.1) is 19.1 Å². The Hall–Kier alpha value is -2.70. The molecule has 0 saturated carbocycles. The molecule has 0 radical (unpaired) electrons. The molecule has 1 aliphatic heterocycles. The molecule has 1 aromatic heterocycles. The summed E-state index contributed by atoms with van der Waals surface area (Å²) in [6.07, 6.45) is 7.74. The van der Waals surface area contributed by atoms with Gasteiger partial charge in [-0.15, -0.1) is 0 Å². The molecule has 1 fully saturated rings. The Morgan fingerprint density at radius 2 is 2.27 bits per heavy atom. The van der Waals surface area contributed by atoms with E-state index >= 15 is 0 Å². The van der Waals surface area contributed by atoms with Crippen molar-refractivity contribution in [2.45, 2.75) is 25.4 Å². The lowest BCUT2D eigenvalue weighted by atomic mass is 10.2. The maximum absolute atomic E-state index is 5.49. The smallest absolute Gasteiger partial charge is 0.191 e. The van der Waals surface area contributed by atoms with E-state index in [9.17, 15) is 0 Å². The second kappa shape index (κ2) is 9.12. The second-order valence-electron chi connectivity index (χ2n) is 6.40. The monoisotopic (exact) mass is 356 g/mol. The molecule has 0 bridgehead atoms. The van der Waals surface area contributed by atoms with Crippen molar-refractivity contribution >= 4 is 11.6 Å². The molecular formula is C19H28N6O. The van der Waals surface area contributed by atoms with Crippen LogP contribution in [0.1, 0.15) is 12.8 Å². The first kappa shape index (κ1) is 18.1. The zero-order chi connectivity index (χ0) is 18.2. The summed E-state index contributed by atoms with van der Waals surface area (Å²) in [4.78, 5) is 10.8. The maximum atomic E-state index is 5.49. The average Bonchev–Trinajstić information content (AvgIpc) is 3.36. The number of para-hydroxylation sites is 2. The van der Waals surface area contributed by atoms with Crippen LogP contribution in [0.5, 0.6) is 5.75 Å². The summed E-state index contributed by atoms with van der Waals surface area (Å²) in [5, 5.41) is 6.93. The van der Waals surface area contributed by atoms with Crippen molar-refractivity contribution < 1.29 is 4.74 Å². The van der Waals surface area contributed by atoms with Gasteiger partial charge in [-0.2, -0.15) is 0 Å². The molecule has 26 heavy (non-hydrogen) atoms. The Kier molecular flexibility index (Phi) is 6.35. The number of aryl methyl sites for hydroxylation is 1. The van der Waals surface area contributed by atoms with Gasteiger partial charge in [0.25, 0.3) is 0 Å². The lowest BCUT2D eigenvalue weighted by Gasteiger charge is -2.22. The SMILES string of the molecule is CN=C(NCCCn1ccnc1)NC1CCN(c2ccccc2OC)C1. The second-order valence-corrected chi connectivity index (χ2v) is 6.40. The van der Waals surface area contributed by atoms with Crippen LogP contribution in [0.15, 0.2) is 48.0 Å². The van der Waals surface area contributed by atoms with Crippen molar-refractivity contribution in [3.63, 3.8) is 0 Å². The van der Waals surface area contributed by atoms with E-state index in [2.05, 4.69) is 42.2 Å². The van der Waals surface area contributed by atoms with E-state index in [0.717, 1.165) is 56.4 Å². The summed E-state index contributed by atoms with van der Waals surface area (Å²) in [5.74, 6) is 1.79.